The van der Waals surface area contributed by atoms with Crippen molar-refractivity contribution in [2.24, 2.45) is 5.73 Å². The van der Waals surface area contributed by atoms with Crippen LogP contribution in [0.4, 0.5) is 0 Å². The molecule has 1 saturated heterocycles. The molecule has 1 fully saturated rings. The highest BCUT2D eigenvalue weighted by Crippen LogP contribution is 2.43. The number of hydrogen-bond donors (Lipinski definition) is 5. The molecule has 1 heterocycles. The molecule has 0 amide bonds. The van der Waals surface area contributed by atoms with Crippen LogP contribution in [0.25, 0.3) is 0 Å². The van der Waals surface area contributed by atoms with Crippen molar-refractivity contribution < 1.29 is 14.2 Å². The smallest absolute Gasteiger partial charge is 0.115 e. The number of piperazine rings is 1. The summed E-state index contributed by atoms with van der Waals surface area (Å²) in [7, 11) is -3.01. The van der Waals surface area contributed by atoms with Crippen molar-refractivity contribution in [1.82, 2.24) is 14.5 Å². The Morgan fingerprint density at radius 1 is 1.00 bits per heavy atom. The molecule has 1 aliphatic heterocycles. The summed E-state index contributed by atoms with van der Waals surface area (Å²) in [5.41, 5.74) is 5.55. The van der Waals surface area contributed by atoms with E-state index in [0.717, 1.165) is 39.3 Å². The van der Waals surface area contributed by atoms with Crippen LogP contribution in [0.15, 0.2) is 29.2 Å². The Bertz CT molecular complexity index is 450. The summed E-state index contributed by atoms with van der Waals surface area (Å²) in [6, 6.07) is 5.93. The van der Waals surface area contributed by atoms with Gasteiger partial charge in [-0.3, -0.25) is 18.9 Å². The van der Waals surface area contributed by atoms with Crippen LogP contribution in [-0.2, 0) is 0 Å². The molecule has 0 saturated carbocycles. The largest absolute Gasteiger partial charge is 0.508 e. The predicted octanol–water partition coefficient (Wildman–Crippen LogP) is 0.583. The van der Waals surface area contributed by atoms with Gasteiger partial charge in [-0.05, 0) is 24.3 Å². The number of nitrogens with two attached hydrogens (primary N) is 1. The van der Waals surface area contributed by atoms with Crippen molar-refractivity contribution >= 4 is 10.8 Å². The molecule has 0 radical (unpaired) electrons. The first kappa shape index (κ1) is 17.5. The molecule has 8 heteroatoms. The lowest BCUT2D eigenvalue weighted by atomic mass is 10.3. The number of nitrogens with one attached hydrogen (secondary N) is 1. The van der Waals surface area contributed by atoms with Crippen LogP contribution in [0.3, 0.4) is 0 Å². The Balaban J connectivity index is 1.73. The first-order valence-electron chi connectivity index (χ1n) is 7.48. The van der Waals surface area contributed by atoms with E-state index in [1.807, 2.05) is 0 Å². The van der Waals surface area contributed by atoms with E-state index in [2.05, 4.69) is 14.5 Å². The lowest BCUT2D eigenvalue weighted by Crippen LogP contribution is -2.49. The van der Waals surface area contributed by atoms with Gasteiger partial charge in [0.15, 0.2) is 0 Å². The first-order valence-corrected chi connectivity index (χ1v) is 9.02. The topological polar surface area (TPSA) is 105 Å². The monoisotopic (exact) mass is 330 g/mol. The van der Waals surface area contributed by atoms with Gasteiger partial charge in [0.2, 0.25) is 0 Å². The van der Waals surface area contributed by atoms with Gasteiger partial charge in [-0.25, -0.2) is 4.72 Å². The highest BCUT2D eigenvalue weighted by molar-refractivity contribution is 8.22. The number of phenolic OH excluding ortho intramolecular Hbond substituents is 1. The zero-order chi connectivity index (χ0) is 16.0. The maximum absolute atomic E-state index is 10.1. The lowest BCUT2D eigenvalue weighted by Gasteiger charge is -2.37. The van der Waals surface area contributed by atoms with Gasteiger partial charge in [-0.2, -0.15) is 0 Å². The van der Waals surface area contributed by atoms with E-state index in [0.29, 0.717) is 18.0 Å². The SMILES string of the molecule is NCCN1CCN(CCNS(O)(O)c2ccc(O)cc2)CC1. The molecule has 0 bridgehead atoms. The molecular formula is C14H26N4O3S. The molecule has 1 aromatic rings. The maximum atomic E-state index is 10.1. The van der Waals surface area contributed by atoms with Gasteiger partial charge >= 0.3 is 0 Å². The van der Waals surface area contributed by atoms with Gasteiger partial charge in [-0.1, -0.05) is 0 Å². The van der Waals surface area contributed by atoms with Crippen LogP contribution in [0.5, 0.6) is 5.75 Å². The first-order chi connectivity index (χ1) is 10.5. The zero-order valence-electron chi connectivity index (χ0n) is 12.7. The number of benzene rings is 1. The third-order valence-corrected chi connectivity index (χ3v) is 5.34. The molecule has 0 unspecified atom stereocenters. The average Bonchev–Trinajstić information content (AvgIpc) is 2.50. The molecule has 2 rings (SSSR count). The minimum absolute atomic E-state index is 0.106. The van der Waals surface area contributed by atoms with Crippen molar-refractivity contribution in [2.75, 3.05) is 52.4 Å². The Morgan fingerprint density at radius 2 is 1.55 bits per heavy atom. The molecule has 1 aromatic carbocycles. The van der Waals surface area contributed by atoms with Crippen molar-refractivity contribution in [3.63, 3.8) is 0 Å². The second-order valence-corrected chi connectivity index (χ2v) is 7.27. The van der Waals surface area contributed by atoms with E-state index in [4.69, 9.17) is 5.73 Å². The van der Waals surface area contributed by atoms with Gasteiger partial charge in [0.25, 0.3) is 0 Å². The molecule has 6 N–H and O–H groups in total. The van der Waals surface area contributed by atoms with Crippen LogP contribution in [0, 0.1) is 0 Å². The van der Waals surface area contributed by atoms with E-state index in [1.165, 1.54) is 24.3 Å². The van der Waals surface area contributed by atoms with E-state index in [9.17, 15) is 14.2 Å². The third-order valence-electron chi connectivity index (χ3n) is 3.81. The molecular weight excluding hydrogens is 304 g/mol. The average molecular weight is 330 g/mol. The van der Waals surface area contributed by atoms with Gasteiger partial charge < -0.3 is 10.8 Å². The summed E-state index contributed by atoms with van der Waals surface area (Å²) < 4.78 is 23.1. The summed E-state index contributed by atoms with van der Waals surface area (Å²) >= 11 is 0. The fourth-order valence-corrected chi connectivity index (χ4v) is 3.54. The highest BCUT2D eigenvalue weighted by Gasteiger charge is 2.18. The zero-order valence-corrected chi connectivity index (χ0v) is 13.5. The van der Waals surface area contributed by atoms with E-state index < -0.39 is 10.8 Å². The summed E-state index contributed by atoms with van der Waals surface area (Å²) in [5.74, 6) is 0.106. The summed E-state index contributed by atoms with van der Waals surface area (Å²) in [4.78, 5) is 5.03. The second-order valence-electron chi connectivity index (χ2n) is 5.41. The van der Waals surface area contributed by atoms with E-state index in [-0.39, 0.29) is 5.75 Å². The van der Waals surface area contributed by atoms with Crippen LogP contribution < -0.4 is 10.5 Å². The van der Waals surface area contributed by atoms with Crippen molar-refractivity contribution in [3.05, 3.63) is 24.3 Å². The fourth-order valence-electron chi connectivity index (χ4n) is 2.48. The highest BCUT2D eigenvalue weighted by atomic mass is 32.3. The molecule has 1 aliphatic rings. The van der Waals surface area contributed by atoms with E-state index >= 15 is 0 Å². The van der Waals surface area contributed by atoms with Crippen LogP contribution in [0.2, 0.25) is 0 Å². The Kier molecular flexibility index (Phi) is 6.45. The Labute approximate surface area is 133 Å². The normalized spacial score (nSPS) is 18.5. The molecule has 7 nitrogen and oxygen atoms in total. The second kappa shape index (κ2) is 8.11. The van der Waals surface area contributed by atoms with Gasteiger partial charge in [0.1, 0.15) is 5.75 Å². The van der Waals surface area contributed by atoms with Crippen molar-refractivity contribution in [1.29, 1.82) is 0 Å². The lowest BCUT2D eigenvalue weighted by molar-refractivity contribution is 0.137. The predicted molar refractivity (Wildman–Crippen MR) is 89.2 cm³/mol. The summed E-state index contributed by atoms with van der Waals surface area (Å²) in [6.45, 7) is 6.85. The van der Waals surface area contributed by atoms with Gasteiger partial charge in [0.05, 0.1) is 4.90 Å². The van der Waals surface area contributed by atoms with Gasteiger partial charge in [0, 0.05) is 52.4 Å². The number of aromatic hydroxyl groups is 1. The van der Waals surface area contributed by atoms with Crippen LogP contribution in [0.1, 0.15) is 0 Å². The molecule has 22 heavy (non-hydrogen) atoms. The molecule has 0 atom stereocenters. The minimum Gasteiger partial charge on any atom is -0.508 e. The molecule has 126 valence electrons. The Morgan fingerprint density at radius 3 is 2.09 bits per heavy atom. The fraction of sp³-hybridized carbons (Fsp3) is 0.571. The van der Waals surface area contributed by atoms with Gasteiger partial charge in [-0.15, -0.1) is 10.8 Å². The standard InChI is InChI=1S/C14H26N4O3S/c15-5-7-17-9-11-18(12-10-17)8-6-16-22(20,21)14-3-1-13(19)2-4-14/h1-4,16,19-21H,5-12,15H2. The molecule has 0 aliphatic carbocycles. The summed E-state index contributed by atoms with van der Waals surface area (Å²) in [5, 5.41) is 9.24. The molecule has 0 aromatic heterocycles. The summed E-state index contributed by atoms with van der Waals surface area (Å²) in [6.07, 6.45) is 0. The third kappa shape index (κ3) is 5.10. The number of rotatable bonds is 7. The number of hydrogen-bond acceptors (Lipinski definition) is 7. The van der Waals surface area contributed by atoms with Crippen molar-refractivity contribution in [2.45, 2.75) is 4.90 Å². The Hall–Kier alpha value is -0.870. The number of phenols is 1. The van der Waals surface area contributed by atoms with Crippen molar-refractivity contribution in [3.8, 4) is 5.75 Å². The maximum Gasteiger partial charge on any atom is 0.115 e. The van der Waals surface area contributed by atoms with Crippen LogP contribution >= 0.6 is 10.8 Å². The number of nitrogens with zero attached hydrogens (tertiary/aromatic N) is 2. The molecule has 0 spiro atoms. The van der Waals surface area contributed by atoms with Crippen LogP contribution in [-0.4, -0.2) is 76.4 Å². The van der Waals surface area contributed by atoms with E-state index in [1.54, 1.807) is 0 Å². The quantitative estimate of drug-likeness (QED) is 0.498. The minimum atomic E-state index is -3.01.